The van der Waals surface area contributed by atoms with Gasteiger partial charge in [0.1, 0.15) is 0 Å². The predicted molar refractivity (Wildman–Crippen MR) is 96.5 cm³/mol. The Balaban J connectivity index is 1.64. The molecule has 0 radical (unpaired) electrons. The molecule has 23 heavy (non-hydrogen) atoms. The molecule has 3 aromatic rings. The molecule has 0 atom stereocenters. The Morgan fingerprint density at radius 1 is 0.696 bits per heavy atom. The number of nitrogens with zero attached hydrogens (tertiary/aromatic N) is 1. The van der Waals surface area contributed by atoms with Crippen molar-refractivity contribution in [1.82, 2.24) is 4.98 Å². The fraction of sp³-hybridized carbons (Fsp3) is 0.150. The summed E-state index contributed by atoms with van der Waals surface area (Å²) in [5, 5.41) is 6.81. The summed E-state index contributed by atoms with van der Waals surface area (Å²) in [7, 11) is 0. The average molecular weight is 303 g/mol. The molecule has 0 amide bonds. The molecule has 0 saturated heterocycles. The highest BCUT2D eigenvalue weighted by Gasteiger charge is 2.02. The van der Waals surface area contributed by atoms with Crippen LogP contribution in [0.4, 0.5) is 11.4 Å². The Labute approximate surface area is 137 Å². The molecular weight excluding hydrogens is 282 g/mol. The lowest BCUT2D eigenvalue weighted by molar-refractivity contribution is 0.958. The number of aromatic nitrogens is 1. The van der Waals surface area contributed by atoms with Crippen LogP contribution in [0.15, 0.2) is 72.8 Å². The quantitative estimate of drug-likeness (QED) is 0.698. The highest BCUT2D eigenvalue weighted by Crippen LogP contribution is 2.12. The minimum Gasteiger partial charge on any atom is -0.379 e. The number of para-hydroxylation sites is 2. The van der Waals surface area contributed by atoms with Crippen molar-refractivity contribution in [2.45, 2.75) is 20.0 Å². The summed E-state index contributed by atoms with van der Waals surface area (Å²) in [5.41, 5.74) is 5.56. The lowest BCUT2D eigenvalue weighted by Crippen LogP contribution is -2.07. The first kappa shape index (κ1) is 15.1. The van der Waals surface area contributed by atoms with Crippen LogP contribution in [0.1, 0.15) is 17.0 Å². The van der Waals surface area contributed by atoms with Gasteiger partial charge in [0.05, 0.1) is 24.5 Å². The van der Waals surface area contributed by atoms with Gasteiger partial charge in [-0.05, 0) is 48.9 Å². The highest BCUT2D eigenvalue weighted by atomic mass is 14.9. The molecule has 3 nitrogen and oxygen atoms in total. The van der Waals surface area contributed by atoms with Gasteiger partial charge in [-0.2, -0.15) is 0 Å². The Morgan fingerprint density at radius 3 is 1.57 bits per heavy atom. The second kappa shape index (κ2) is 7.45. The normalized spacial score (nSPS) is 10.3. The van der Waals surface area contributed by atoms with Crippen LogP contribution in [0.2, 0.25) is 0 Å². The standard InChI is InChI=1S/C20H21N3/c1-16-12-19(14-21-17-8-4-2-5-9-17)23-20(13-16)15-22-18-10-6-3-7-11-18/h2-13,21-22H,14-15H2,1H3. The first-order valence-electron chi connectivity index (χ1n) is 7.84. The molecule has 0 spiro atoms. The summed E-state index contributed by atoms with van der Waals surface area (Å²) in [6.45, 7) is 3.56. The molecule has 2 aromatic carbocycles. The molecule has 0 bridgehead atoms. The van der Waals surface area contributed by atoms with Gasteiger partial charge in [-0.3, -0.25) is 4.98 Å². The van der Waals surface area contributed by atoms with E-state index >= 15 is 0 Å². The Hall–Kier alpha value is -2.81. The van der Waals surface area contributed by atoms with Crippen LogP contribution in [-0.4, -0.2) is 4.98 Å². The van der Waals surface area contributed by atoms with E-state index in [1.807, 2.05) is 36.4 Å². The topological polar surface area (TPSA) is 37.0 Å². The summed E-state index contributed by atoms with van der Waals surface area (Å²) < 4.78 is 0. The van der Waals surface area contributed by atoms with Gasteiger partial charge in [-0.15, -0.1) is 0 Å². The zero-order valence-electron chi connectivity index (χ0n) is 13.3. The largest absolute Gasteiger partial charge is 0.379 e. The first-order valence-corrected chi connectivity index (χ1v) is 7.84. The Morgan fingerprint density at radius 2 is 1.13 bits per heavy atom. The number of hydrogen-bond donors (Lipinski definition) is 2. The maximum absolute atomic E-state index is 4.74. The van der Waals surface area contributed by atoms with Crippen molar-refractivity contribution in [2.75, 3.05) is 10.6 Å². The van der Waals surface area contributed by atoms with Gasteiger partial charge in [-0.1, -0.05) is 36.4 Å². The van der Waals surface area contributed by atoms with Gasteiger partial charge in [0.25, 0.3) is 0 Å². The van der Waals surface area contributed by atoms with E-state index in [-0.39, 0.29) is 0 Å². The summed E-state index contributed by atoms with van der Waals surface area (Å²) in [4.78, 5) is 4.74. The molecule has 0 unspecified atom stereocenters. The van der Waals surface area contributed by atoms with Crippen molar-refractivity contribution in [2.24, 2.45) is 0 Å². The van der Waals surface area contributed by atoms with Crippen molar-refractivity contribution >= 4 is 11.4 Å². The van der Waals surface area contributed by atoms with Gasteiger partial charge in [-0.25, -0.2) is 0 Å². The lowest BCUT2D eigenvalue weighted by atomic mass is 10.2. The third kappa shape index (κ3) is 4.58. The molecule has 0 fully saturated rings. The van der Waals surface area contributed by atoms with Gasteiger partial charge in [0.2, 0.25) is 0 Å². The molecule has 0 saturated carbocycles. The van der Waals surface area contributed by atoms with Crippen LogP contribution < -0.4 is 10.6 Å². The number of hydrogen-bond acceptors (Lipinski definition) is 3. The second-order valence-electron chi connectivity index (χ2n) is 5.57. The number of rotatable bonds is 6. The van der Waals surface area contributed by atoms with E-state index in [4.69, 9.17) is 4.98 Å². The van der Waals surface area contributed by atoms with Crippen molar-refractivity contribution in [3.8, 4) is 0 Å². The molecule has 3 rings (SSSR count). The van der Waals surface area contributed by atoms with E-state index in [0.29, 0.717) is 0 Å². The summed E-state index contributed by atoms with van der Waals surface area (Å²) in [5.74, 6) is 0. The fourth-order valence-corrected chi connectivity index (χ4v) is 2.49. The fourth-order valence-electron chi connectivity index (χ4n) is 2.49. The summed E-state index contributed by atoms with van der Waals surface area (Å²) >= 11 is 0. The van der Waals surface area contributed by atoms with E-state index in [0.717, 1.165) is 35.9 Å². The summed E-state index contributed by atoms with van der Waals surface area (Å²) in [6, 6.07) is 24.7. The minimum absolute atomic E-state index is 0.726. The third-order valence-corrected chi connectivity index (χ3v) is 3.57. The van der Waals surface area contributed by atoms with Gasteiger partial charge < -0.3 is 10.6 Å². The molecule has 1 aromatic heterocycles. The van der Waals surface area contributed by atoms with Crippen LogP contribution in [0.3, 0.4) is 0 Å². The van der Waals surface area contributed by atoms with Crippen LogP contribution in [-0.2, 0) is 13.1 Å². The molecule has 116 valence electrons. The first-order chi connectivity index (χ1) is 11.3. The third-order valence-electron chi connectivity index (χ3n) is 3.57. The summed E-state index contributed by atoms with van der Waals surface area (Å²) in [6.07, 6.45) is 0. The SMILES string of the molecule is Cc1cc(CNc2ccccc2)nc(CNc2ccccc2)c1. The molecule has 0 aliphatic heterocycles. The van der Waals surface area contributed by atoms with Gasteiger partial charge in [0.15, 0.2) is 0 Å². The lowest BCUT2D eigenvalue weighted by Gasteiger charge is -2.10. The number of anilines is 2. The maximum atomic E-state index is 4.74. The maximum Gasteiger partial charge on any atom is 0.0601 e. The number of pyridine rings is 1. The van der Waals surface area contributed by atoms with E-state index in [9.17, 15) is 0 Å². The Bertz CT molecular complexity index is 678. The second-order valence-corrected chi connectivity index (χ2v) is 5.57. The van der Waals surface area contributed by atoms with E-state index < -0.39 is 0 Å². The Kier molecular flexibility index (Phi) is 4.89. The number of aryl methyl sites for hydroxylation is 1. The van der Waals surface area contributed by atoms with E-state index in [2.05, 4.69) is 54.0 Å². The predicted octanol–water partition coefficient (Wildman–Crippen LogP) is 4.61. The smallest absolute Gasteiger partial charge is 0.0601 e. The molecular formula is C20H21N3. The number of benzene rings is 2. The van der Waals surface area contributed by atoms with Crippen molar-refractivity contribution in [3.05, 3.63) is 89.7 Å². The number of nitrogens with one attached hydrogen (secondary N) is 2. The minimum atomic E-state index is 0.726. The molecule has 1 heterocycles. The van der Waals surface area contributed by atoms with Crippen molar-refractivity contribution in [1.29, 1.82) is 0 Å². The van der Waals surface area contributed by atoms with Crippen molar-refractivity contribution < 1.29 is 0 Å². The zero-order valence-corrected chi connectivity index (χ0v) is 13.3. The van der Waals surface area contributed by atoms with Crippen LogP contribution >= 0.6 is 0 Å². The van der Waals surface area contributed by atoms with Gasteiger partial charge in [0, 0.05) is 11.4 Å². The molecule has 3 heteroatoms. The van der Waals surface area contributed by atoms with E-state index in [1.54, 1.807) is 0 Å². The highest BCUT2D eigenvalue weighted by molar-refractivity contribution is 5.44. The average Bonchev–Trinajstić information content (AvgIpc) is 2.60. The zero-order chi connectivity index (χ0) is 15.9. The molecule has 0 aliphatic rings. The molecule has 0 aliphatic carbocycles. The van der Waals surface area contributed by atoms with Gasteiger partial charge >= 0.3 is 0 Å². The van der Waals surface area contributed by atoms with Crippen LogP contribution in [0, 0.1) is 6.92 Å². The monoisotopic (exact) mass is 303 g/mol. The van der Waals surface area contributed by atoms with E-state index in [1.165, 1.54) is 5.56 Å². The molecule has 2 N–H and O–H groups in total. The van der Waals surface area contributed by atoms with Crippen LogP contribution in [0.5, 0.6) is 0 Å². The van der Waals surface area contributed by atoms with Crippen LogP contribution in [0.25, 0.3) is 0 Å². The van der Waals surface area contributed by atoms with Crippen molar-refractivity contribution in [3.63, 3.8) is 0 Å².